The fourth-order valence-electron chi connectivity index (χ4n) is 3.50. The van der Waals surface area contributed by atoms with E-state index in [0.29, 0.717) is 30.5 Å². The van der Waals surface area contributed by atoms with E-state index >= 15 is 0 Å². The average molecular weight is 348 g/mol. The number of likely N-dealkylation sites (N-methyl/N-ethyl adjacent to an activating group) is 1. The van der Waals surface area contributed by atoms with Crippen LogP contribution in [0.2, 0.25) is 0 Å². The molecule has 25 heavy (non-hydrogen) atoms. The Morgan fingerprint density at radius 1 is 1.32 bits per heavy atom. The maximum Gasteiger partial charge on any atom is 0.222 e. The first-order chi connectivity index (χ1) is 11.9. The summed E-state index contributed by atoms with van der Waals surface area (Å²) in [5.74, 6) is 0.682. The van der Waals surface area contributed by atoms with Crippen LogP contribution in [0.3, 0.4) is 0 Å². The molecule has 1 heterocycles. The molecule has 0 saturated carbocycles. The summed E-state index contributed by atoms with van der Waals surface area (Å²) in [6.07, 6.45) is 1.92. The van der Waals surface area contributed by atoms with Gasteiger partial charge in [0.1, 0.15) is 5.75 Å². The molecule has 5 nitrogen and oxygen atoms in total. The highest BCUT2D eigenvalue weighted by molar-refractivity contribution is 5.76. The number of aromatic hydroxyl groups is 1. The van der Waals surface area contributed by atoms with E-state index in [0.717, 1.165) is 25.9 Å². The molecule has 5 heteroatoms. The van der Waals surface area contributed by atoms with Crippen molar-refractivity contribution in [3.63, 3.8) is 0 Å². The number of rotatable bonds is 7. The molecular formula is C20H32N2O3. The molecule has 140 valence electrons. The average Bonchev–Trinajstić information content (AvgIpc) is 2.59. The van der Waals surface area contributed by atoms with E-state index in [9.17, 15) is 15.0 Å². The lowest BCUT2D eigenvalue weighted by Crippen LogP contribution is -2.41. The van der Waals surface area contributed by atoms with Crippen molar-refractivity contribution in [2.24, 2.45) is 5.92 Å². The van der Waals surface area contributed by atoms with Gasteiger partial charge in [-0.15, -0.1) is 0 Å². The first-order valence-corrected chi connectivity index (χ1v) is 9.39. The second kappa shape index (κ2) is 9.20. The molecule has 0 spiro atoms. The molecule has 1 aromatic rings. The molecule has 2 rings (SSSR count). The molecule has 1 aliphatic rings. The number of carbonyl (C=O) groups excluding carboxylic acids is 1. The summed E-state index contributed by atoms with van der Waals surface area (Å²) in [5.41, 5.74) is 0.636. The van der Waals surface area contributed by atoms with Gasteiger partial charge in [0.05, 0.1) is 12.6 Å². The molecular weight excluding hydrogens is 316 g/mol. The molecule has 0 aliphatic carbocycles. The molecule has 1 aromatic carbocycles. The van der Waals surface area contributed by atoms with Crippen LogP contribution >= 0.6 is 0 Å². The second-order valence-electron chi connectivity index (χ2n) is 7.32. The number of aliphatic hydroxyl groups excluding tert-OH is 1. The van der Waals surface area contributed by atoms with Gasteiger partial charge < -0.3 is 20.0 Å². The molecule has 0 bridgehead atoms. The molecule has 1 fully saturated rings. The number of hydrogen-bond acceptors (Lipinski definition) is 4. The number of benzene rings is 1. The summed E-state index contributed by atoms with van der Waals surface area (Å²) < 4.78 is 0. The van der Waals surface area contributed by atoms with Crippen molar-refractivity contribution in [3.8, 4) is 5.75 Å². The number of aliphatic hydroxyl groups is 1. The molecule has 1 saturated heterocycles. The highest BCUT2D eigenvalue weighted by Crippen LogP contribution is 2.24. The third-order valence-corrected chi connectivity index (χ3v) is 5.23. The van der Waals surface area contributed by atoms with Gasteiger partial charge in [0, 0.05) is 19.0 Å². The van der Waals surface area contributed by atoms with Gasteiger partial charge in [-0.25, -0.2) is 0 Å². The minimum Gasteiger partial charge on any atom is -0.508 e. The lowest BCUT2D eigenvalue weighted by Gasteiger charge is -2.35. The number of hydrogen-bond donors (Lipinski definition) is 2. The maximum atomic E-state index is 12.6. The normalized spacial score (nSPS) is 17.6. The molecule has 1 atom stereocenters. The summed E-state index contributed by atoms with van der Waals surface area (Å²) in [5, 5.41) is 19.9. The molecule has 0 aromatic heterocycles. The van der Waals surface area contributed by atoms with Gasteiger partial charge in [-0.05, 0) is 70.3 Å². The van der Waals surface area contributed by atoms with E-state index in [-0.39, 0.29) is 18.2 Å². The highest BCUT2D eigenvalue weighted by Gasteiger charge is 2.25. The summed E-state index contributed by atoms with van der Waals surface area (Å²) >= 11 is 0. The Balaban J connectivity index is 1.86. The number of carbonyl (C=O) groups is 1. The lowest BCUT2D eigenvalue weighted by molar-refractivity contribution is -0.133. The van der Waals surface area contributed by atoms with Gasteiger partial charge >= 0.3 is 0 Å². The van der Waals surface area contributed by atoms with Crippen LogP contribution in [0, 0.1) is 5.92 Å². The molecule has 0 radical (unpaired) electrons. The number of phenols is 1. The van der Waals surface area contributed by atoms with Crippen molar-refractivity contribution in [2.45, 2.75) is 52.2 Å². The first kappa shape index (κ1) is 19.7. The van der Waals surface area contributed by atoms with Gasteiger partial charge in [-0.1, -0.05) is 12.1 Å². The van der Waals surface area contributed by atoms with Gasteiger partial charge in [0.2, 0.25) is 5.91 Å². The van der Waals surface area contributed by atoms with Crippen molar-refractivity contribution < 1.29 is 15.0 Å². The lowest BCUT2D eigenvalue weighted by atomic mass is 9.92. The number of phenolic OH excluding ortho intramolecular Hbond substituents is 1. The van der Waals surface area contributed by atoms with Gasteiger partial charge in [-0.3, -0.25) is 4.79 Å². The fraction of sp³-hybridized carbons (Fsp3) is 0.650. The van der Waals surface area contributed by atoms with E-state index in [1.807, 2.05) is 6.92 Å². The summed E-state index contributed by atoms with van der Waals surface area (Å²) in [6, 6.07) is 7.16. The van der Waals surface area contributed by atoms with Crippen molar-refractivity contribution >= 4 is 5.91 Å². The van der Waals surface area contributed by atoms with Gasteiger partial charge in [0.15, 0.2) is 0 Å². The van der Waals surface area contributed by atoms with Crippen LogP contribution in [0.25, 0.3) is 0 Å². The largest absolute Gasteiger partial charge is 0.508 e. The Kier molecular flexibility index (Phi) is 7.26. The third kappa shape index (κ3) is 5.72. The molecule has 1 amide bonds. The predicted molar refractivity (Wildman–Crippen MR) is 99.4 cm³/mol. The number of amides is 1. The minimum atomic E-state index is -0.779. The molecule has 2 N–H and O–H groups in total. The van der Waals surface area contributed by atoms with Crippen LogP contribution in [0.4, 0.5) is 0 Å². The van der Waals surface area contributed by atoms with E-state index in [2.05, 4.69) is 18.7 Å². The van der Waals surface area contributed by atoms with Crippen LogP contribution in [0.1, 0.15) is 51.7 Å². The van der Waals surface area contributed by atoms with Gasteiger partial charge in [0.25, 0.3) is 0 Å². The molecule has 1 unspecified atom stereocenters. The number of piperidine rings is 1. The Morgan fingerprint density at radius 2 is 2.00 bits per heavy atom. The fourth-order valence-corrected chi connectivity index (χ4v) is 3.50. The third-order valence-electron chi connectivity index (χ3n) is 5.23. The van der Waals surface area contributed by atoms with Crippen LogP contribution < -0.4 is 0 Å². The quantitative estimate of drug-likeness (QED) is 0.795. The predicted octanol–water partition coefficient (Wildman–Crippen LogP) is 2.78. The Labute approximate surface area is 151 Å². The van der Waals surface area contributed by atoms with Gasteiger partial charge in [-0.2, -0.15) is 0 Å². The summed E-state index contributed by atoms with van der Waals surface area (Å²) in [7, 11) is 0. The Bertz CT molecular complexity index is 554. The van der Waals surface area contributed by atoms with Crippen molar-refractivity contribution in [1.82, 2.24) is 9.80 Å². The second-order valence-corrected chi connectivity index (χ2v) is 7.32. The standard InChI is InChI=1S/C20H32N2O3/c1-4-21(14-19(24)17-6-5-7-18(23)13-17)20(25)12-16-8-10-22(11-9-16)15(2)3/h5-7,13,15-16,19,23-24H,4,8-12,14H2,1-3H3. The SMILES string of the molecule is CCN(CC(O)c1cccc(O)c1)C(=O)CC1CCN(C(C)C)CC1. The van der Waals surface area contributed by atoms with Crippen molar-refractivity contribution in [3.05, 3.63) is 29.8 Å². The van der Waals surface area contributed by atoms with E-state index in [1.54, 1.807) is 29.2 Å². The van der Waals surface area contributed by atoms with Crippen LogP contribution in [0.15, 0.2) is 24.3 Å². The summed E-state index contributed by atoms with van der Waals surface area (Å²) in [4.78, 5) is 16.8. The minimum absolute atomic E-state index is 0.115. The topological polar surface area (TPSA) is 64.0 Å². The van der Waals surface area contributed by atoms with Crippen LogP contribution in [0.5, 0.6) is 5.75 Å². The zero-order valence-corrected chi connectivity index (χ0v) is 15.7. The highest BCUT2D eigenvalue weighted by atomic mass is 16.3. The Hall–Kier alpha value is -1.59. The summed E-state index contributed by atoms with van der Waals surface area (Å²) in [6.45, 7) is 9.35. The molecule has 1 aliphatic heterocycles. The maximum absolute atomic E-state index is 12.6. The zero-order valence-electron chi connectivity index (χ0n) is 15.7. The van der Waals surface area contributed by atoms with Crippen LogP contribution in [-0.2, 0) is 4.79 Å². The number of nitrogens with zero attached hydrogens (tertiary/aromatic N) is 2. The van der Waals surface area contributed by atoms with E-state index in [1.165, 1.54) is 0 Å². The van der Waals surface area contributed by atoms with E-state index < -0.39 is 6.10 Å². The number of likely N-dealkylation sites (tertiary alicyclic amines) is 1. The zero-order chi connectivity index (χ0) is 18.4. The smallest absolute Gasteiger partial charge is 0.222 e. The Morgan fingerprint density at radius 3 is 2.56 bits per heavy atom. The van der Waals surface area contributed by atoms with Crippen molar-refractivity contribution in [2.75, 3.05) is 26.2 Å². The van der Waals surface area contributed by atoms with Crippen molar-refractivity contribution in [1.29, 1.82) is 0 Å². The monoisotopic (exact) mass is 348 g/mol. The van der Waals surface area contributed by atoms with Crippen LogP contribution in [-0.4, -0.2) is 58.1 Å². The van der Waals surface area contributed by atoms with E-state index in [4.69, 9.17) is 0 Å². The first-order valence-electron chi connectivity index (χ1n) is 9.39.